The fourth-order valence-electron chi connectivity index (χ4n) is 2.49. The van der Waals surface area contributed by atoms with Crippen molar-refractivity contribution in [2.24, 2.45) is 0 Å². The monoisotopic (exact) mass is 450 g/mol. The van der Waals surface area contributed by atoms with E-state index in [1.165, 1.54) is 11.0 Å². The molecule has 3 aromatic rings. The number of hydrogen-bond acceptors (Lipinski definition) is 4. The molecule has 0 aliphatic heterocycles. The van der Waals surface area contributed by atoms with Crippen molar-refractivity contribution in [2.75, 3.05) is 5.32 Å². The van der Waals surface area contributed by atoms with E-state index in [-0.39, 0.29) is 5.95 Å². The van der Waals surface area contributed by atoms with Crippen molar-refractivity contribution in [2.45, 2.75) is 25.9 Å². The molecule has 29 heavy (non-hydrogen) atoms. The first-order chi connectivity index (χ1) is 13.7. The van der Waals surface area contributed by atoms with Gasteiger partial charge in [-0.25, -0.2) is 27.2 Å². The number of nitrogens with zero attached hydrogens (tertiary/aromatic N) is 5. The van der Waals surface area contributed by atoms with E-state index in [0.717, 1.165) is 5.56 Å². The summed E-state index contributed by atoms with van der Waals surface area (Å²) in [5, 5.41) is 9.32. The van der Waals surface area contributed by atoms with Crippen LogP contribution < -0.4 is 5.32 Å². The molecule has 0 radical (unpaired) electrons. The zero-order valence-corrected chi connectivity index (χ0v) is 15.9. The number of anilines is 1. The average Bonchev–Trinajstić information content (AvgIpc) is 3.18. The Morgan fingerprint density at radius 1 is 1.14 bits per heavy atom. The summed E-state index contributed by atoms with van der Waals surface area (Å²) >= 11 is 11.5. The zero-order valence-electron chi connectivity index (χ0n) is 14.4. The molecule has 0 bridgehead atoms. The van der Waals surface area contributed by atoms with Gasteiger partial charge < -0.3 is 0 Å². The second-order valence-electron chi connectivity index (χ2n) is 5.79. The van der Waals surface area contributed by atoms with Gasteiger partial charge in [-0.2, -0.15) is 5.10 Å². The maximum Gasteiger partial charge on any atom is 0.283 e. The molecule has 1 amide bonds. The van der Waals surface area contributed by atoms with Crippen LogP contribution in [0.4, 0.5) is 23.5 Å². The molecule has 0 unspecified atom stereocenters. The molecule has 0 fully saturated rings. The van der Waals surface area contributed by atoms with E-state index in [1.54, 1.807) is 18.2 Å². The second kappa shape index (κ2) is 8.78. The van der Waals surface area contributed by atoms with Crippen molar-refractivity contribution in [1.82, 2.24) is 24.5 Å². The standard InChI is InChI=1S/C16H12Cl2F4N6O/c17-9-3-1-2-8(4-9)5-27-7-23-16(26-27)24-10(29)6-28-13(15(21)22)11(18)12(25-28)14(19)20/h1-4,7,14-15H,5-6H2,(H,24,26,29). The first-order valence-corrected chi connectivity index (χ1v) is 8.76. The minimum Gasteiger partial charge on any atom is -0.292 e. The van der Waals surface area contributed by atoms with Crippen molar-refractivity contribution < 1.29 is 22.4 Å². The molecule has 2 aromatic heterocycles. The Kier molecular flexibility index (Phi) is 6.38. The van der Waals surface area contributed by atoms with Gasteiger partial charge in [-0.3, -0.25) is 14.8 Å². The van der Waals surface area contributed by atoms with Gasteiger partial charge in [0.1, 0.15) is 24.3 Å². The summed E-state index contributed by atoms with van der Waals surface area (Å²) in [4.78, 5) is 16.0. The third-order valence-corrected chi connectivity index (χ3v) is 4.31. The number of alkyl halides is 4. The predicted molar refractivity (Wildman–Crippen MR) is 96.4 cm³/mol. The Morgan fingerprint density at radius 2 is 1.90 bits per heavy atom. The van der Waals surface area contributed by atoms with Crippen molar-refractivity contribution in [1.29, 1.82) is 0 Å². The number of halogens is 6. The van der Waals surface area contributed by atoms with E-state index >= 15 is 0 Å². The maximum absolute atomic E-state index is 13.1. The summed E-state index contributed by atoms with van der Waals surface area (Å²) in [5.74, 6) is -0.935. The van der Waals surface area contributed by atoms with Gasteiger partial charge >= 0.3 is 0 Å². The molecule has 0 aliphatic rings. The molecule has 3 rings (SSSR count). The fraction of sp³-hybridized carbons (Fsp3) is 0.250. The van der Waals surface area contributed by atoms with E-state index in [0.29, 0.717) is 16.2 Å². The van der Waals surface area contributed by atoms with Gasteiger partial charge in [-0.1, -0.05) is 35.3 Å². The molecule has 0 atom stereocenters. The van der Waals surface area contributed by atoms with Crippen LogP contribution >= 0.6 is 23.2 Å². The van der Waals surface area contributed by atoms with Gasteiger partial charge in [0.15, 0.2) is 0 Å². The quantitative estimate of drug-likeness (QED) is 0.543. The molecule has 7 nitrogen and oxygen atoms in total. The summed E-state index contributed by atoms with van der Waals surface area (Å²) in [6, 6.07) is 7.03. The number of carbonyl (C=O) groups excluding carboxylic acids is 1. The molecule has 1 N–H and O–H groups in total. The molecule has 2 heterocycles. The zero-order chi connectivity index (χ0) is 21.1. The minimum absolute atomic E-state index is 0.0945. The van der Waals surface area contributed by atoms with Crippen LogP contribution in [-0.4, -0.2) is 30.5 Å². The number of benzene rings is 1. The molecule has 0 saturated carbocycles. The summed E-state index contributed by atoms with van der Waals surface area (Å²) in [6.45, 7) is -0.444. The van der Waals surface area contributed by atoms with Gasteiger partial charge in [-0.05, 0) is 17.7 Å². The van der Waals surface area contributed by atoms with Crippen LogP contribution in [0, 0.1) is 0 Å². The highest BCUT2D eigenvalue weighted by atomic mass is 35.5. The third-order valence-electron chi connectivity index (χ3n) is 3.68. The highest BCUT2D eigenvalue weighted by Gasteiger charge is 2.28. The van der Waals surface area contributed by atoms with E-state index in [9.17, 15) is 22.4 Å². The highest BCUT2D eigenvalue weighted by molar-refractivity contribution is 6.32. The van der Waals surface area contributed by atoms with Crippen LogP contribution in [0.2, 0.25) is 10.0 Å². The first kappa shape index (κ1) is 21.1. The Labute approximate surface area is 171 Å². The molecule has 154 valence electrons. The van der Waals surface area contributed by atoms with Gasteiger partial charge in [0, 0.05) is 5.02 Å². The summed E-state index contributed by atoms with van der Waals surface area (Å²) < 4.78 is 53.8. The lowest BCUT2D eigenvalue weighted by atomic mass is 10.2. The van der Waals surface area contributed by atoms with Crippen LogP contribution in [-0.2, 0) is 17.9 Å². The lowest BCUT2D eigenvalue weighted by molar-refractivity contribution is -0.117. The lowest BCUT2D eigenvalue weighted by Crippen LogP contribution is -2.22. The molecular formula is C16H12Cl2F4N6O. The van der Waals surface area contributed by atoms with Crippen LogP contribution in [0.15, 0.2) is 30.6 Å². The smallest absolute Gasteiger partial charge is 0.283 e. The van der Waals surface area contributed by atoms with Gasteiger partial charge in [0.2, 0.25) is 11.9 Å². The van der Waals surface area contributed by atoms with Crippen LogP contribution in [0.1, 0.15) is 29.8 Å². The number of aromatic nitrogens is 5. The number of nitrogens with one attached hydrogen (secondary N) is 1. The Hall–Kier alpha value is -2.66. The van der Waals surface area contributed by atoms with Crippen molar-refractivity contribution in [3.8, 4) is 0 Å². The largest absolute Gasteiger partial charge is 0.292 e. The number of rotatable bonds is 7. The van der Waals surface area contributed by atoms with Crippen molar-refractivity contribution in [3.63, 3.8) is 0 Å². The topological polar surface area (TPSA) is 77.6 Å². The fourth-order valence-corrected chi connectivity index (χ4v) is 3.00. The Bertz CT molecular complexity index is 1020. The van der Waals surface area contributed by atoms with Gasteiger partial charge in [0.05, 0.1) is 11.6 Å². The van der Waals surface area contributed by atoms with Crippen LogP contribution in [0.5, 0.6) is 0 Å². The van der Waals surface area contributed by atoms with Crippen molar-refractivity contribution >= 4 is 35.1 Å². The summed E-state index contributed by atoms with van der Waals surface area (Å²) in [5.41, 5.74) is -1.14. The number of carbonyl (C=O) groups is 1. The second-order valence-corrected chi connectivity index (χ2v) is 6.60. The minimum atomic E-state index is -3.19. The lowest BCUT2D eigenvalue weighted by Gasteiger charge is -2.06. The van der Waals surface area contributed by atoms with Crippen LogP contribution in [0.3, 0.4) is 0 Å². The van der Waals surface area contributed by atoms with E-state index < -0.39 is 41.7 Å². The van der Waals surface area contributed by atoms with E-state index in [4.69, 9.17) is 23.2 Å². The van der Waals surface area contributed by atoms with E-state index in [2.05, 4.69) is 20.5 Å². The Balaban J connectivity index is 1.69. The molecule has 0 aliphatic carbocycles. The van der Waals surface area contributed by atoms with Gasteiger partial charge in [0.25, 0.3) is 12.9 Å². The van der Waals surface area contributed by atoms with Crippen molar-refractivity contribution in [3.05, 3.63) is 57.6 Å². The Morgan fingerprint density at radius 3 is 2.55 bits per heavy atom. The average molecular weight is 451 g/mol. The summed E-state index contributed by atoms with van der Waals surface area (Å²) in [6.07, 6.45) is -5.00. The predicted octanol–water partition coefficient (Wildman–Crippen LogP) is 4.34. The molecule has 0 spiro atoms. The third kappa shape index (κ3) is 5.04. The molecular weight excluding hydrogens is 439 g/mol. The SMILES string of the molecule is O=C(Cn1nc(C(F)F)c(Cl)c1C(F)F)Nc1ncn(Cc2cccc(Cl)c2)n1. The first-order valence-electron chi connectivity index (χ1n) is 8.00. The highest BCUT2D eigenvalue weighted by Crippen LogP contribution is 2.34. The van der Waals surface area contributed by atoms with Crippen LogP contribution in [0.25, 0.3) is 0 Å². The maximum atomic E-state index is 13.1. The number of hydrogen-bond donors (Lipinski definition) is 1. The normalized spacial score (nSPS) is 11.4. The summed E-state index contributed by atoms with van der Waals surface area (Å²) in [7, 11) is 0. The van der Waals surface area contributed by atoms with Gasteiger partial charge in [-0.15, -0.1) is 5.10 Å². The molecule has 0 saturated heterocycles. The number of amides is 1. The van der Waals surface area contributed by atoms with E-state index in [1.807, 2.05) is 6.07 Å². The molecule has 1 aromatic carbocycles. The molecule has 13 heteroatoms.